The summed E-state index contributed by atoms with van der Waals surface area (Å²) < 4.78 is 8.86. The molecule has 0 aromatic carbocycles. The molecule has 0 saturated carbocycles. The molecule has 0 atom stereocenters. The van der Waals surface area contributed by atoms with Gasteiger partial charge < -0.3 is 15.2 Å². The van der Waals surface area contributed by atoms with Crippen molar-refractivity contribution in [1.29, 1.82) is 0 Å². The molecule has 0 fully saturated rings. The normalized spacial score (nSPS) is 10.6. The van der Waals surface area contributed by atoms with Crippen molar-refractivity contribution in [3.63, 3.8) is 0 Å². The second-order valence-electron chi connectivity index (χ2n) is 2.76. The number of nitrogens with one attached hydrogen (secondary N) is 1. The maximum Gasteiger partial charge on any atom is 0.0893 e. The van der Waals surface area contributed by atoms with Crippen molar-refractivity contribution in [2.24, 2.45) is 0 Å². The van der Waals surface area contributed by atoms with Gasteiger partial charge >= 0.3 is 0 Å². The highest BCUT2D eigenvalue weighted by Gasteiger charge is 1.94. The standard InChI is InChI=1S/C8H15N3O2S/c12-3-5-13-4-1-2-9-6-8-7-14-11-10-8/h7,9,12H,1-6H2. The summed E-state index contributed by atoms with van der Waals surface area (Å²) in [5.74, 6) is 0. The van der Waals surface area contributed by atoms with E-state index >= 15 is 0 Å². The van der Waals surface area contributed by atoms with Crippen LogP contribution in [-0.2, 0) is 11.3 Å². The van der Waals surface area contributed by atoms with E-state index in [2.05, 4.69) is 14.9 Å². The van der Waals surface area contributed by atoms with Gasteiger partial charge in [0, 0.05) is 18.5 Å². The smallest absolute Gasteiger partial charge is 0.0893 e. The second-order valence-corrected chi connectivity index (χ2v) is 3.37. The van der Waals surface area contributed by atoms with Crippen molar-refractivity contribution in [3.8, 4) is 0 Å². The predicted molar refractivity (Wildman–Crippen MR) is 54.1 cm³/mol. The first-order chi connectivity index (χ1) is 6.93. The molecule has 5 nitrogen and oxygen atoms in total. The minimum Gasteiger partial charge on any atom is -0.394 e. The van der Waals surface area contributed by atoms with Crippen LogP contribution in [0.5, 0.6) is 0 Å². The van der Waals surface area contributed by atoms with E-state index in [1.807, 2.05) is 5.38 Å². The molecule has 80 valence electrons. The van der Waals surface area contributed by atoms with Crippen LogP contribution in [0.1, 0.15) is 12.1 Å². The van der Waals surface area contributed by atoms with E-state index in [9.17, 15) is 0 Å². The highest BCUT2D eigenvalue weighted by Crippen LogP contribution is 1.95. The van der Waals surface area contributed by atoms with Crippen LogP contribution in [0.25, 0.3) is 0 Å². The minimum atomic E-state index is 0.0952. The fraction of sp³-hybridized carbons (Fsp3) is 0.750. The van der Waals surface area contributed by atoms with Gasteiger partial charge in [0.1, 0.15) is 0 Å². The summed E-state index contributed by atoms with van der Waals surface area (Å²) in [6, 6.07) is 0. The number of hydrogen-bond donors (Lipinski definition) is 2. The van der Waals surface area contributed by atoms with E-state index in [4.69, 9.17) is 9.84 Å². The number of nitrogens with zero attached hydrogens (tertiary/aromatic N) is 2. The van der Waals surface area contributed by atoms with Crippen LogP contribution in [0, 0.1) is 0 Å². The lowest BCUT2D eigenvalue weighted by atomic mass is 10.4. The van der Waals surface area contributed by atoms with E-state index < -0.39 is 0 Å². The van der Waals surface area contributed by atoms with Crippen molar-refractivity contribution in [2.75, 3.05) is 26.4 Å². The zero-order chi connectivity index (χ0) is 10.1. The Kier molecular flexibility index (Phi) is 6.42. The van der Waals surface area contributed by atoms with Gasteiger partial charge in [0.25, 0.3) is 0 Å². The van der Waals surface area contributed by atoms with Gasteiger partial charge in [0.15, 0.2) is 0 Å². The molecular formula is C8H15N3O2S. The molecule has 0 amide bonds. The third-order valence-corrected chi connectivity index (χ3v) is 2.14. The maximum absolute atomic E-state index is 8.44. The molecule has 0 radical (unpaired) electrons. The fourth-order valence-electron chi connectivity index (χ4n) is 0.943. The van der Waals surface area contributed by atoms with Crippen LogP contribution in [0.15, 0.2) is 5.38 Å². The van der Waals surface area contributed by atoms with Crippen LogP contribution in [0.4, 0.5) is 0 Å². The molecule has 6 heteroatoms. The molecule has 0 unspecified atom stereocenters. The zero-order valence-electron chi connectivity index (χ0n) is 7.98. The highest BCUT2D eigenvalue weighted by atomic mass is 32.1. The Morgan fingerprint density at radius 1 is 1.50 bits per heavy atom. The van der Waals surface area contributed by atoms with Crippen LogP contribution in [0.3, 0.4) is 0 Å². The van der Waals surface area contributed by atoms with Gasteiger partial charge in [-0.25, -0.2) is 0 Å². The quantitative estimate of drug-likeness (QED) is 0.601. The Balaban J connectivity index is 1.85. The predicted octanol–water partition coefficient (Wildman–Crippen LogP) is 0.0267. The molecule has 1 heterocycles. The fourth-order valence-corrected chi connectivity index (χ4v) is 1.39. The molecular weight excluding hydrogens is 202 g/mol. The van der Waals surface area contributed by atoms with Gasteiger partial charge in [-0.1, -0.05) is 4.49 Å². The molecule has 14 heavy (non-hydrogen) atoms. The van der Waals surface area contributed by atoms with Gasteiger partial charge in [-0.15, -0.1) is 5.10 Å². The van der Waals surface area contributed by atoms with Gasteiger partial charge in [-0.05, 0) is 24.5 Å². The molecule has 1 aromatic heterocycles. The van der Waals surface area contributed by atoms with Gasteiger partial charge in [-0.3, -0.25) is 0 Å². The van der Waals surface area contributed by atoms with E-state index in [0.717, 1.165) is 25.2 Å². The lowest BCUT2D eigenvalue weighted by Crippen LogP contribution is -2.17. The maximum atomic E-state index is 8.44. The number of rotatable bonds is 8. The van der Waals surface area contributed by atoms with Crippen LogP contribution < -0.4 is 5.32 Å². The Labute approximate surface area is 87.3 Å². The SMILES string of the molecule is OCCOCCCNCc1csnn1. The van der Waals surface area contributed by atoms with Crippen LogP contribution in [0.2, 0.25) is 0 Å². The third-order valence-electron chi connectivity index (χ3n) is 1.59. The van der Waals surface area contributed by atoms with E-state index in [1.165, 1.54) is 11.5 Å². The van der Waals surface area contributed by atoms with Crippen LogP contribution in [-0.4, -0.2) is 41.1 Å². The first kappa shape index (κ1) is 11.5. The van der Waals surface area contributed by atoms with Gasteiger partial charge in [-0.2, -0.15) is 0 Å². The summed E-state index contributed by atoms with van der Waals surface area (Å²) in [5, 5.41) is 17.5. The molecule has 0 spiro atoms. The molecule has 0 aliphatic heterocycles. The first-order valence-corrected chi connectivity index (χ1v) is 5.42. The Morgan fingerprint density at radius 2 is 2.43 bits per heavy atom. The second kappa shape index (κ2) is 7.81. The molecule has 0 bridgehead atoms. The Bertz CT molecular complexity index is 218. The number of aliphatic hydroxyl groups is 1. The zero-order valence-corrected chi connectivity index (χ0v) is 8.79. The Hall–Kier alpha value is -0.560. The van der Waals surface area contributed by atoms with E-state index in [0.29, 0.717) is 13.2 Å². The highest BCUT2D eigenvalue weighted by molar-refractivity contribution is 7.03. The van der Waals surface area contributed by atoms with E-state index in [1.54, 1.807) is 0 Å². The average molecular weight is 217 g/mol. The molecule has 0 aliphatic rings. The van der Waals surface area contributed by atoms with Gasteiger partial charge in [0.2, 0.25) is 0 Å². The number of aliphatic hydroxyl groups excluding tert-OH is 1. The largest absolute Gasteiger partial charge is 0.394 e. The number of hydrogen-bond acceptors (Lipinski definition) is 6. The summed E-state index contributed by atoms with van der Waals surface area (Å²) in [6.45, 7) is 2.86. The summed E-state index contributed by atoms with van der Waals surface area (Å²) in [6.07, 6.45) is 0.942. The minimum absolute atomic E-state index is 0.0952. The summed E-state index contributed by atoms with van der Waals surface area (Å²) >= 11 is 1.36. The molecule has 0 saturated heterocycles. The molecule has 0 aliphatic carbocycles. The lowest BCUT2D eigenvalue weighted by Gasteiger charge is -2.02. The number of ether oxygens (including phenoxy) is 1. The first-order valence-electron chi connectivity index (χ1n) is 4.58. The summed E-state index contributed by atoms with van der Waals surface area (Å²) in [4.78, 5) is 0. The summed E-state index contributed by atoms with van der Waals surface area (Å²) in [7, 11) is 0. The van der Waals surface area contributed by atoms with Crippen molar-refractivity contribution in [3.05, 3.63) is 11.1 Å². The van der Waals surface area contributed by atoms with Crippen molar-refractivity contribution >= 4 is 11.5 Å². The van der Waals surface area contributed by atoms with Gasteiger partial charge in [0.05, 0.1) is 18.9 Å². The lowest BCUT2D eigenvalue weighted by molar-refractivity contribution is 0.0907. The third kappa shape index (κ3) is 5.23. The monoisotopic (exact) mass is 217 g/mol. The van der Waals surface area contributed by atoms with Crippen molar-refractivity contribution in [2.45, 2.75) is 13.0 Å². The number of aromatic nitrogens is 2. The summed E-state index contributed by atoms with van der Waals surface area (Å²) in [5.41, 5.74) is 0.978. The molecule has 1 rings (SSSR count). The van der Waals surface area contributed by atoms with Crippen molar-refractivity contribution in [1.82, 2.24) is 14.9 Å². The van der Waals surface area contributed by atoms with E-state index in [-0.39, 0.29) is 6.61 Å². The average Bonchev–Trinajstić information content (AvgIpc) is 2.69. The molecule has 1 aromatic rings. The molecule has 2 N–H and O–H groups in total. The van der Waals surface area contributed by atoms with Crippen molar-refractivity contribution < 1.29 is 9.84 Å². The Morgan fingerprint density at radius 3 is 3.14 bits per heavy atom. The topological polar surface area (TPSA) is 67.3 Å². The van der Waals surface area contributed by atoms with Crippen LogP contribution >= 0.6 is 11.5 Å².